The summed E-state index contributed by atoms with van der Waals surface area (Å²) in [5.41, 5.74) is 2.75. The predicted octanol–water partition coefficient (Wildman–Crippen LogP) is 2.83. The molecule has 0 saturated heterocycles. The molecule has 0 bridgehead atoms. The third-order valence-electron chi connectivity index (χ3n) is 3.39. The Labute approximate surface area is 121 Å². The van der Waals surface area contributed by atoms with Gasteiger partial charge in [0.05, 0.1) is 12.7 Å². The molecule has 0 spiro atoms. The van der Waals surface area contributed by atoms with Crippen LogP contribution in [0, 0.1) is 5.92 Å². The molecule has 1 aromatic heterocycles. The molecule has 0 saturated carbocycles. The van der Waals surface area contributed by atoms with E-state index in [1.165, 1.54) is 11.1 Å². The molecule has 0 aliphatic rings. The van der Waals surface area contributed by atoms with E-state index in [0.717, 1.165) is 19.5 Å². The first-order chi connectivity index (χ1) is 9.65. The van der Waals surface area contributed by atoms with Gasteiger partial charge in [-0.25, -0.2) is 0 Å². The Balaban J connectivity index is 1.81. The van der Waals surface area contributed by atoms with Gasteiger partial charge >= 0.3 is 0 Å². The summed E-state index contributed by atoms with van der Waals surface area (Å²) in [5.74, 6) is 0.707. The van der Waals surface area contributed by atoms with Crippen LogP contribution in [-0.2, 0) is 13.0 Å². The number of nitrogens with zero attached hydrogens (tertiary/aromatic N) is 3. The molecule has 20 heavy (non-hydrogen) atoms. The Hall–Kier alpha value is -1.68. The number of hydrogen-bond donors (Lipinski definition) is 1. The van der Waals surface area contributed by atoms with Crippen LogP contribution >= 0.6 is 0 Å². The van der Waals surface area contributed by atoms with Gasteiger partial charge in [0.15, 0.2) is 0 Å². The van der Waals surface area contributed by atoms with Crippen molar-refractivity contribution < 1.29 is 0 Å². The summed E-state index contributed by atoms with van der Waals surface area (Å²) < 4.78 is 1.84. The quantitative estimate of drug-likeness (QED) is 0.843. The van der Waals surface area contributed by atoms with E-state index in [4.69, 9.17) is 0 Å². The van der Waals surface area contributed by atoms with Crippen molar-refractivity contribution in [1.29, 1.82) is 0 Å². The highest BCUT2D eigenvalue weighted by Gasteiger charge is 2.05. The summed E-state index contributed by atoms with van der Waals surface area (Å²) in [5, 5.41) is 11.3. The van der Waals surface area contributed by atoms with Gasteiger partial charge in [0.2, 0.25) is 0 Å². The number of benzene rings is 1. The van der Waals surface area contributed by atoms with E-state index in [9.17, 15) is 0 Å². The lowest BCUT2D eigenvalue weighted by atomic mass is 10.00. The average Bonchev–Trinajstić information content (AvgIpc) is 2.92. The lowest BCUT2D eigenvalue weighted by molar-refractivity contribution is 0.499. The van der Waals surface area contributed by atoms with Gasteiger partial charge in [0.25, 0.3) is 0 Å². The SMILES string of the molecule is CC(C)Cc1ccc(C(C)NCCn2ccnn2)cc1. The molecule has 0 amide bonds. The maximum absolute atomic E-state index is 3.95. The normalized spacial score (nSPS) is 12.8. The van der Waals surface area contributed by atoms with Crippen molar-refractivity contribution in [1.82, 2.24) is 20.3 Å². The Morgan fingerprint density at radius 2 is 1.90 bits per heavy atom. The molecule has 108 valence electrons. The highest BCUT2D eigenvalue weighted by molar-refractivity contribution is 5.25. The average molecular weight is 272 g/mol. The van der Waals surface area contributed by atoms with E-state index < -0.39 is 0 Å². The fourth-order valence-electron chi connectivity index (χ4n) is 2.28. The second kappa shape index (κ2) is 7.20. The second-order valence-electron chi connectivity index (χ2n) is 5.68. The number of nitrogens with one attached hydrogen (secondary N) is 1. The zero-order chi connectivity index (χ0) is 14.4. The summed E-state index contributed by atoms with van der Waals surface area (Å²) in [6.07, 6.45) is 4.73. The first kappa shape index (κ1) is 14.7. The molecule has 2 aromatic rings. The molecule has 1 N–H and O–H groups in total. The summed E-state index contributed by atoms with van der Waals surface area (Å²) in [6, 6.07) is 9.29. The van der Waals surface area contributed by atoms with E-state index >= 15 is 0 Å². The highest BCUT2D eigenvalue weighted by Crippen LogP contribution is 2.15. The van der Waals surface area contributed by atoms with Gasteiger partial charge in [0, 0.05) is 18.8 Å². The van der Waals surface area contributed by atoms with Crippen molar-refractivity contribution in [3.63, 3.8) is 0 Å². The largest absolute Gasteiger partial charge is 0.308 e. The lowest BCUT2D eigenvalue weighted by Crippen LogP contribution is -2.23. The molecule has 0 aliphatic carbocycles. The van der Waals surface area contributed by atoms with Crippen molar-refractivity contribution >= 4 is 0 Å². The summed E-state index contributed by atoms with van der Waals surface area (Å²) >= 11 is 0. The maximum atomic E-state index is 3.95. The van der Waals surface area contributed by atoms with Crippen molar-refractivity contribution in [2.45, 2.75) is 39.8 Å². The molecule has 0 fully saturated rings. The van der Waals surface area contributed by atoms with Crippen molar-refractivity contribution in [2.75, 3.05) is 6.54 Å². The number of aromatic nitrogens is 3. The molecule has 1 atom stereocenters. The van der Waals surface area contributed by atoms with Gasteiger partial charge in [-0.15, -0.1) is 5.10 Å². The minimum absolute atomic E-state index is 0.353. The van der Waals surface area contributed by atoms with E-state index in [1.54, 1.807) is 6.20 Å². The molecule has 2 rings (SSSR count). The number of hydrogen-bond acceptors (Lipinski definition) is 3. The Bertz CT molecular complexity index is 488. The third kappa shape index (κ3) is 4.46. The minimum atomic E-state index is 0.353. The highest BCUT2D eigenvalue weighted by atomic mass is 15.4. The van der Waals surface area contributed by atoms with Crippen LogP contribution in [0.15, 0.2) is 36.7 Å². The van der Waals surface area contributed by atoms with Gasteiger partial charge in [-0.05, 0) is 30.4 Å². The van der Waals surface area contributed by atoms with Crippen LogP contribution in [-0.4, -0.2) is 21.5 Å². The summed E-state index contributed by atoms with van der Waals surface area (Å²) in [4.78, 5) is 0. The second-order valence-corrected chi connectivity index (χ2v) is 5.68. The monoisotopic (exact) mass is 272 g/mol. The minimum Gasteiger partial charge on any atom is -0.308 e. The lowest BCUT2D eigenvalue weighted by Gasteiger charge is -2.15. The Morgan fingerprint density at radius 3 is 2.50 bits per heavy atom. The third-order valence-corrected chi connectivity index (χ3v) is 3.39. The Kier molecular flexibility index (Phi) is 5.30. The standard InChI is InChI=1S/C16H24N4/c1-13(2)12-15-4-6-16(7-5-15)14(3)17-8-10-20-11-9-18-19-20/h4-7,9,11,13-14,17H,8,10,12H2,1-3H3. The van der Waals surface area contributed by atoms with Crippen LogP contribution in [0.5, 0.6) is 0 Å². The smallest absolute Gasteiger partial charge is 0.0692 e. The van der Waals surface area contributed by atoms with E-state index in [2.05, 4.69) is 60.7 Å². The molecule has 0 aliphatic heterocycles. The molecular weight excluding hydrogens is 248 g/mol. The van der Waals surface area contributed by atoms with E-state index in [0.29, 0.717) is 12.0 Å². The fraction of sp³-hybridized carbons (Fsp3) is 0.500. The van der Waals surface area contributed by atoms with Gasteiger partial charge in [-0.3, -0.25) is 4.68 Å². The fourth-order valence-corrected chi connectivity index (χ4v) is 2.28. The zero-order valence-electron chi connectivity index (χ0n) is 12.6. The van der Waals surface area contributed by atoms with Crippen LogP contribution in [0.3, 0.4) is 0 Å². The van der Waals surface area contributed by atoms with Crippen molar-refractivity contribution in [3.8, 4) is 0 Å². The molecule has 1 heterocycles. The summed E-state index contributed by atoms with van der Waals surface area (Å²) in [7, 11) is 0. The number of rotatable bonds is 7. The maximum Gasteiger partial charge on any atom is 0.0692 e. The molecule has 1 unspecified atom stereocenters. The molecule has 4 nitrogen and oxygen atoms in total. The molecule has 4 heteroatoms. The molecule has 0 radical (unpaired) electrons. The molecular formula is C16H24N4. The van der Waals surface area contributed by atoms with Gasteiger partial charge in [-0.1, -0.05) is 43.3 Å². The van der Waals surface area contributed by atoms with Gasteiger partial charge in [0.1, 0.15) is 0 Å². The van der Waals surface area contributed by atoms with Crippen molar-refractivity contribution in [3.05, 3.63) is 47.8 Å². The van der Waals surface area contributed by atoms with Crippen LogP contribution < -0.4 is 5.32 Å². The van der Waals surface area contributed by atoms with Crippen LogP contribution in [0.4, 0.5) is 0 Å². The van der Waals surface area contributed by atoms with E-state index in [1.807, 2.05) is 10.9 Å². The van der Waals surface area contributed by atoms with E-state index in [-0.39, 0.29) is 0 Å². The predicted molar refractivity (Wildman–Crippen MR) is 81.4 cm³/mol. The van der Waals surface area contributed by atoms with Crippen LogP contribution in [0.1, 0.15) is 37.9 Å². The summed E-state index contributed by atoms with van der Waals surface area (Å²) in [6.45, 7) is 8.43. The van der Waals surface area contributed by atoms with Gasteiger partial charge < -0.3 is 5.32 Å². The molecule has 1 aromatic carbocycles. The Morgan fingerprint density at radius 1 is 1.15 bits per heavy atom. The zero-order valence-corrected chi connectivity index (χ0v) is 12.6. The van der Waals surface area contributed by atoms with Crippen LogP contribution in [0.25, 0.3) is 0 Å². The van der Waals surface area contributed by atoms with Gasteiger partial charge in [-0.2, -0.15) is 0 Å². The topological polar surface area (TPSA) is 42.7 Å². The first-order valence-corrected chi connectivity index (χ1v) is 7.31. The van der Waals surface area contributed by atoms with Crippen LogP contribution in [0.2, 0.25) is 0 Å². The first-order valence-electron chi connectivity index (χ1n) is 7.31. The van der Waals surface area contributed by atoms with Crippen molar-refractivity contribution in [2.24, 2.45) is 5.92 Å².